The van der Waals surface area contributed by atoms with E-state index >= 15 is 0 Å². The lowest BCUT2D eigenvalue weighted by Gasteiger charge is -2.30. The van der Waals surface area contributed by atoms with Gasteiger partial charge in [0.1, 0.15) is 24.4 Å². The molecule has 3 aliphatic rings. The summed E-state index contributed by atoms with van der Waals surface area (Å²) < 4.78 is 16.7. The highest BCUT2D eigenvalue weighted by atomic mass is 16.6. The van der Waals surface area contributed by atoms with E-state index in [0.29, 0.717) is 42.9 Å². The number of hydrogen-bond acceptors (Lipinski definition) is 7. The standard InChI is InChI=1S/C31H40N2O6/c1-37-25-16-14-23(15-17-25)27(34)12-6-3-7-13-30(35)32-26(20-33-18-8-9-19-33)31(36)29-22-38-21-28(39-29)24-10-4-2-5-11-24/h2,4,10,14-17,21-22,26,31,36H,3,5-9,11-13,18-20H2,1H3,(H,32,35)/t26-,31-/m1/s1. The average Bonchev–Trinajstić information content (AvgIpc) is 3.50. The molecule has 1 fully saturated rings. The molecule has 0 aromatic heterocycles. The third-order valence-corrected chi connectivity index (χ3v) is 7.31. The minimum atomic E-state index is -1.04. The molecule has 0 spiro atoms. The third-order valence-electron chi connectivity index (χ3n) is 7.31. The summed E-state index contributed by atoms with van der Waals surface area (Å²) in [4.78, 5) is 27.5. The van der Waals surface area contributed by atoms with Crippen LogP contribution in [0.2, 0.25) is 0 Å². The van der Waals surface area contributed by atoms with E-state index in [1.807, 2.05) is 12.2 Å². The number of methoxy groups -OCH3 is 1. The lowest BCUT2D eigenvalue weighted by Crippen LogP contribution is -2.51. The van der Waals surface area contributed by atoms with E-state index in [9.17, 15) is 14.7 Å². The number of amides is 1. The van der Waals surface area contributed by atoms with Gasteiger partial charge in [0, 0.05) is 24.9 Å². The maximum Gasteiger partial charge on any atom is 0.220 e. The van der Waals surface area contributed by atoms with Crippen LogP contribution in [0, 0.1) is 0 Å². The Labute approximate surface area is 231 Å². The Morgan fingerprint density at radius 1 is 1.08 bits per heavy atom. The van der Waals surface area contributed by atoms with Crippen molar-refractivity contribution in [3.05, 3.63) is 77.7 Å². The summed E-state index contributed by atoms with van der Waals surface area (Å²) in [6.07, 6.45) is 14.9. The van der Waals surface area contributed by atoms with Crippen molar-refractivity contribution in [2.45, 2.75) is 69.9 Å². The minimum Gasteiger partial charge on any atom is -0.497 e. The molecule has 39 heavy (non-hydrogen) atoms. The Bertz CT molecular complexity index is 1100. The van der Waals surface area contributed by atoms with Crippen LogP contribution in [0.1, 0.15) is 68.1 Å². The SMILES string of the molecule is COc1ccc(C(=O)CCCCCC(=O)N[C@H](CN2CCCC2)[C@@H](O)C2=COC=C(C3=CC=CCC3)O2)cc1. The number of hydrogen-bond donors (Lipinski definition) is 2. The Hall–Kier alpha value is -3.36. The van der Waals surface area contributed by atoms with Crippen molar-refractivity contribution in [1.29, 1.82) is 0 Å². The molecule has 2 atom stereocenters. The first-order valence-corrected chi connectivity index (χ1v) is 14.0. The number of likely N-dealkylation sites (tertiary alicyclic amines) is 1. The van der Waals surface area contributed by atoms with Crippen LogP contribution in [0.5, 0.6) is 5.75 Å². The van der Waals surface area contributed by atoms with Crippen molar-refractivity contribution in [2.24, 2.45) is 0 Å². The van der Waals surface area contributed by atoms with Gasteiger partial charge in [-0.25, -0.2) is 0 Å². The van der Waals surface area contributed by atoms with Gasteiger partial charge in [-0.05, 0) is 81.5 Å². The molecule has 1 aromatic rings. The van der Waals surface area contributed by atoms with Crippen LogP contribution >= 0.6 is 0 Å². The number of benzene rings is 1. The second kappa shape index (κ2) is 14.7. The Kier molecular flexibility index (Phi) is 10.8. The topological polar surface area (TPSA) is 97.3 Å². The van der Waals surface area contributed by atoms with Crippen molar-refractivity contribution < 1.29 is 28.9 Å². The Morgan fingerprint density at radius 3 is 2.56 bits per heavy atom. The van der Waals surface area contributed by atoms with E-state index in [2.05, 4.69) is 16.3 Å². The zero-order valence-electron chi connectivity index (χ0n) is 22.8. The molecule has 1 aromatic carbocycles. The van der Waals surface area contributed by atoms with Crippen LogP contribution in [-0.2, 0) is 14.3 Å². The number of aliphatic hydroxyl groups excluding tert-OH is 1. The van der Waals surface area contributed by atoms with E-state index in [4.69, 9.17) is 14.2 Å². The summed E-state index contributed by atoms with van der Waals surface area (Å²) in [6, 6.07) is 6.60. The third kappa shape index (κ3) is 8.57. The molecule has 0 radical (unpaired) electrons. The predicted octanol–water partition coefficient (Wildman–Crippen LogP) is 4.78. The second-order valence-corrected chi connectivity index (χ2v) is 10.2. The van der Waals surface area contributed by atoms with Gasteiger partial charge in [-0.1, -0.05) is 24.6 Å². The van der Waals surface area contributed by atoms with Crippen LogP contribution in [0.25, 0.3) is 0 Å². The number of nitrogens with one attached hydrogen (secondary N) is 1. The summed E-state index contributed by atoms with van der Waals surface area (Å²) in [5, 5.41) is 14.3. The first kappa shape index (κ1) is 28.6. The molecule has 0 unspecified atom stereocenters. The van der Waals surface area contributed by atoms with E-state index in [1.54, 1.807) is 37.6 Å². The summed E-state index contributed by atoms with van der Waals surface area (Å²) in [5.41, 5.74) is 1.69. The van der Waals surface area contributed by atoms with E-state index in [1.165, 1.54) is 6.26 Å². The van der Waals surface area contributed by atoms with Gasteiger partial charge in [-0.15, -0.1) is 0 Å². The molecule has 2 heterocycles. The highest BCUT2D eigenvalue weighted by Crippen LogP contribution is 2.28. The number of rotatable bonds is 14. The molecule has 1 aliphatic carbocycles. The van der Waals surface area contributed by atoms with E-state index < -0.39 is 12.1 Å². The quantitative estimate of drug-likeness (QED) is 0.261. The number of unbranched alkanes of at least 4 members (excludes halogenated alkanes) is 2. The van der Waals surface area contributed by atoms with Crippen molar-refractivity contribution in [2.75, 3.05) is 26.7 Å². The van der Waals surface area contributed by atoms with Gasteiger partial charge in [0.05, 0.1) is 13.2 Å². The fraction of sp³-hybridized carbons (Fsp3) is 0.484. The van der Waals surface area contributed by atoms with Gasteiger partial charge in [0.25, 0.3) is 0 Å². The van der Waals surface area contributed by atoms with Crippen molar-refractivity contribution in [1.82, 2.24) is 10.2 Å². The van der Waals surface area contributed by atoms with Crippen molar-refractivity contribution in [3.8, 4) is 5.75 Å². The largest absolute Gasteiger partial charge is 0.497 e. The molecule has 8 nitrogen and oxygen atoms in total. The number of carbonyl (C=O) groups excluding carboxylic acids is 2. The maximum absolute atomic E-state index is 12.9. The highest BCUT2D eigenvalue weighted by molar-refractivity contribution is 5.96. The number of aliphatic hydroxyl groups is 1. The zero-order chi connectivity index (χ0) is 27.5. The molecular formula is C31H40N2O6. The summed E-state index contributed by atoms with van der Waals surface area (Å²) >= 11 is 0. The Morgan fingerprint density at radius 2 is 1.85 bits per heavy atom. The van der Waals surface area contributed by atoms with Crippen LogP contribution < -0.4 is 10.1 Å². The van der Waals surface area contributed by atoms with Crippen LogP contribution in [0.15, 0.2) is 72.1 Å². The summed E-state index contributed by atoms with van der Waals surface area (Å²) in [6.45, 7) is 2.43. The zero-order valence-corrected chi connectivity index (χ0v) is 22.8. The molecular weight excluding hydrogens is 496 g/mol. The van der Waals surface area contributed by atoms with Gasteiger partial charge in [0.2, 0.25) is 5.91 Å². The summed E-state index contributed by atoms with van der Waals surface area (Å²) in [7, 11) is 1.60. The monoisotopic (exact) mass is 536 g/mol. The van der Waals surface area contributed by atoms with Crippen molar-refractivity contribution in [3.63, 3.8) is 0 Å². The molecule has 210 valence electrons. The minimum absolute atomic E-state index is 0.0901. The Balaban J connectivity index is 1.25. The predicted molar refractivity (Wildman–Crippen MR) is 149 cm³/mol. The fourth-order valence-electron chi connectivity index (χ4n) is 5.03. The lowest BCUT2D eigenvalue weighted by atomic mass is 10.0. The van der Waals surface area contributed by atoms with Gasteiger partial charge in [0.15, 0.2) is 17.3 Å². The van der Waals surface area contributed by atoms with Crippen LogP contribution in [0.3, 0.4) is 0 Å². The number of Topliss-reactive ketones (excluding diaryl/α,β-unsaturated/α-hetero) is 1. The molecule has 4 rings (SSSR count). The highest BCUT2D eigenvalue weighted by Gasteiger charge is 2.31. The average molecular weight is 537 g/mol. The second-order valence-electron chi connectivity index (χ2n) is 10.2. The van der Waals surface area contributed by atoms with E-state index in [0.717, 1.165) is 62.9 Å². The molecule has 2 N–H and O–H groups in total. The molecule has 8 heteroatoms. The fourth-order valence-corrected chi connectivity index (χ4v) is 5.03. The van der Waals surface area contributed by atoms with Gasteiger partial charge >= 0.3 is 0 Å². The first-order chi connectivity index (χ1) is 19.0. The number of allylic oxidation sites excluding steroid dienone is 4. The number of ether oxygens (including phenoxy) is 3. The molecule has 0 saturated carbocycles. The molecule has 2 aliphatic heterocycles. The summed E-state index contributed by atoms with van der Waals surface area (Å²) in [5.74, 6) is 1.58. The van der Waals surface area contributed by atoms with Gasteiger partial charge < -0.3 is 29.5 Å². The van der Waals surface area contributed by atoms with Crippen LogP contribution in [-0.4, -0.2) is 60.6 Å². The van der Waals surface area contributed by atoms with Gasteiger partial charge in [-0.3, -0.25) is 9.59 Å². The first-order valence-electron chi connectivity index (χ1n) is 14.0. The normalized spacial score (nSPS) is 18.7. The number of ketones is 1. The van der Waals surface area contributed by atoms with E-state index in [-0.39, 0.29) is 11.7 Å². The van der Waals surface area contributed by atoms with Crippen molar-refractivity contribution >= 4 is 11.7 Å². The number of carbonyl (C=O) groups is 2. The maximum atomic E-state index is 12.9. The molecule has 0 bridgehead atoms. The molecule has 1 amide bonds. The molecule has 1 saturated heterocycles. The number of nitrogens with zero attached hydrogens (tertiary/aromatic N) is 1. The lowest BCUT2D eigenvalue weighted by molar-refractivity contribution is -0.123. The van der Waals surface area contributed by atoms with Crippen LogP contribution in [0.4, 0.5) is 0 Å². The van der Waals surface area contributed by atoms with Gasteiger partial charge in [-0.2, -0.15) is 0 Å². The smallest absolute Gasteiger partial charge is 0.220 e.